The molecule has 0 spiro atoms. The molecule has 0 aliphatic carbocycles. The van der Waals surface area contributed by atoms with Gasteiger partial charge in [0.05, 0.1) is 12.2 Å². The molecule has 166 valence electrons. The normalized spacial score (nSPS) is 14.9. The van der Waals surface area contributed by atoms with Gasteiger partial charge in [-0.25, -0.2) is 9.97 Å². The van der Waals surface area contributed by atoms with Gasteiger partial charge in [-0.05, 0) is 33.4 Å². The number of aliphatic imine (C=N–C) groups is 1. The Bertz CT molecular complexity index is 972. The number of aryl methyl sites for hydroxylation is 2. The summed E-state index contributed by atoms with van der Waals surface area (Å²) in [6.45, 7) is 9.07. The van der Waals surface area contributed by atoms with Crippen LogP contribution in [0.5, 0.6) is 0 Å². The maximum atomic E-state index is 12.6. The van der Waals surface area contributed by atoms with Crippen molar-refractivity contribution >= 4 is 47.3 Å². The fourth-order valence-electron chi connectivity index (χ4n) is 3.11. The molecule has 2 N–H and O–H groups in total. The summed E-state index contributed by atoms with van der Waals surface area (Å²) >= 11 is 7.30. The van der Waals surface area contributed by atoms with E-state index in [0.29, 0.717) is 16.2 Å². The number of carbonyl (C=O) groups is 1. The molecule has 9 nitrogen and oxygen atoms in total. The maximum absolute atomic E-state index is 12.6. The maximum Gasteiger partial charge on any atom is 0.271 e. The third-order valence-corrected chi connectivity index (χ3v) is 5.95. The van der Waals surface area contributed by atoms with E-state index in [0.717, 1.165) is 42.2 Å². The van der Waals surface area contributed by atoms with Crippen LogP contribution in [0.2, 0.25) is 4.47 Å². The molecule has 0 saturated carbocycles. The first kappa shape index (κ1) is 23.1. The Hall–Kier alpha value is -2.56. The van der Waals surface area contributed by atoms with Crippen LogP contribution in [0, 0.1) is 13.8 Å². The second kappa shape index (κ2) is 10.7. The van der Waals surface area contributed by atoms with Crippen LogP contribution in [0.15, 0.2) is 23.1 Å². The van der Waals surface area contributed by atoms with E-state index >= 15 is 0 Å². The average Bonchev–Trinajstić information content (AvgIpc) is 3.09. The van der Waals surface area contributed by atoms with E-state index in [2.05, 4.69) is 37.3 Å². The van der Waals surface area contributed by atoms with Crippen molar-refractivity contribution in [3.63, 3.8) is 0 Å². The van der Waals surface area contributed by atoms with Crippen molar-refractivity contribution in [3.8, 4) is 0 Å². The molecule has 1 fully saturated rings. The number of thiazole rings is 1. The highest BCUT2D eigenvalue weighted by atomic mass is 35.5. The van der Waals surface area contributed by atoms with Crippen LogP contribution in [-0.2, 0) is 16.1 Å². The minimum Gasteiger partial charge on any atom is -0.381 e. The second-order valence-electron chi connectivity index (χ2n) is 7.17. The number of hydrogen-bond donors (Lipinski definition) is 2. The first-order chi connectivity index (χ1) is 14.9. The summed E-state index contributed by atoms with van der Waals surface area (Å²) in [5.41, 5.74) is 1.77. The molecular formula is C20H26ClN7O2S. The lowest BCUT2D eigenvalue weighted by molar-refractivity contribution is -0.117. The van der Waals surface area contributed by atoms with Gasteiger partial charge < -0.3 is 20.3 Å². The molecular weight excluding hydrogens is 438 g/mol. The van der Waals surface area contributed by atoms with Gasteiger partial charge >= 0.3 is 0 Å². The van der Waals surface area contributed by atoms with Crippen molar-refractivity contribution in [2.45, 2.75) is 39.3 Å². The zero-order valence-corrected chi connectivity index (χ0v) is 19.4. The van der Waals surface area contributed by atoms with Gasteiger partial charge in [0.25, 0.3) is 5.91 Å². The summed E-state index contributed by atoms with van der Waals surface area (Å²) in [5, 5.41) is 6.16. The van der Waals surface area contributed by atoms with Crippen molar-refractivity contribution in [2.24, 2.45) is 4.99 Å². The minimum absolute atomic E-state index is 0.165. The highest BCUT2D eigenvalue weighted by Gasteiger charge is 2.17. The topological polar surface area (TPSA) is 105 Å². The standard InChI is InChI=1S/C20H26ClN7O2S/c1-12-9-24-20(25-14-5-7-30-8-6-14)27-17(12)28(4)11-16(22-3)18(29)23-10-15-13(2)31-19(21)26-15/h9,11,14H,3,5-8,10H2,1-2,4H3,(H,23,29)(H,24,25,27)/b16-11-. The number of hydrogen-bond acceptors (Lipinski definition) is 9. The fourth-order valence-corrected chi connectivity index (χ4v) is 4.20. The van der Waals surface area contributed by atoms with E-state index in [1.807, 2.05) is 13.8 Å². The number of carbonyl (C=O) groups excluding carboxylic acids is 1. The van der Waals surface area contributed by atoms with Crippen LogP contribution in [0.25, 0.3) is 0 Å². The largest absolute Gasteiger partial charge is 0.381 e. The van der Waals surface area contributed by atoms with Crippen LogP contribution in [0.1, 0.15) is 29.0 Å². The molecule has 3 rings (SSSR count). The van der Waals surface area contributed by atoms with E-state index < -0.39 is 0 Å². The Kier molecular flexibility index (Phi) is 7.94. The Labute approximate surface area is 190 Å². The number of amides is 1. The number of anilines is 2. The smallest absolute Gasteiger partial charge is 0.271 e. The Morgan fingerprint density at radius 2 is 2.16 bits per heavy atom. The summed E-state index contributed by atoms with van der Waals surface area (Å²) < 4.78 is 5.84. The molecule has 11 heteroatoms. The monoisotopic (exact) mass is 463 g/mol. The number of rotatable bonds is 8. The lowest BCUT2D eigenvalue weighted by atomic mass is 10.1. The number of nitrogens with one attached hydrogen (secondary N) is 2. The molecule has 0 atom stereocenters. The summed E-state index contributed by atoms with van der Waals surface area (Å²) in [7, 11) is 1.80. The second-order valence-corrected chi connectivity index (χ2v) is 8.95. The molecule has 31 heavy (non-hydrogen) atoms. The lowest BCUT2D eigenvalue weighted by Crippen LogP contribution is -2.29. The minimum atomic E-state index is -0.363. The SMILES string of the molecule is C=N/C(=C\N(C)c1nc(NC2CCOCC2)ncc1C)C(=O)NCc1nc(Cl)sc1C. The Morgan fingerprint density at radius 1 is 1.42 bits per heavy atom. The molecule has 1 saturated heterocycles. The van der Waals surface area contributed by atoms with E-state index in [1.165, 1.54) is 11.3 Å². The van der Waals surface area contributed by atoms with Gasteiger partial charge in [0.15, 0.2) is 4.47 Å². The van der Waals surface area contributed by atoms with E-state index in [-0.39, 0.29) is 24.2 Å². The fraction of sp³-hybridized carbons (Fsp3) is 0.450. The van der Waals surface area contributed by atoms with Gasteiger partial charge in [-0.3, -0.25) is 9.79 Å². The molecule has 0 aromatic carbocycles. The van der Waals surface area contributed by atoms with Crippen molar-refractivity contribution in [1.82, 2.24) is 20.3 Å². The first-order valence-electron chi connectivity index (χ1n) is 9.86. The van der Waals surface area contributed by atoms with E-state index in [4.69, 9.17) is 16.3 Å². The third kappa shape index (κ3) is 6.22. The molecule has 0 radical (unpaired) electrons. The highest BCUT2D eigenvalue weighted by Crippen LogP contribution is 2.22. The quantitative estimate of drug-likeness (QED) is 0.457. The van der Waals surface area contributed by atoms with Gasteiger partial charge in [0.1, 0.15) is 11.5 Å². The van der Waals surface area contributed by atoms with Gasteiger partial charge in [-0.2, -0.15) is 4.98 Å². The van der Waals surface area contributed by atoms with Gasteiger partial charge in [-0.15, -0.1) is 11.3 Å². The van der Waals surface area contributed by atoms with Crippen molar-refractivity contribution in [2.75, 3.05) is 30.5 Å². The summed E-state index contributed by atoms with van der Waals surface area (Å²) in [5.74, 6) is 0.847. The van der Waals surface area contributed by atoms with Crippen molar-refractivity contribution in [1.29, 1.82) is 0 Å². The highest BCUT2D eigenvalue weighted by molar-refractivity contribution is 7.15. The summed E-state index contributed by atoms with van der Waals surface area (Å²) in [6, 6.07) is 0.281. The molecule has 0 bridgehead atoms. The molecule has 0 unspecified atom stereocenters. The Morgan fingerprint density at radius 3 is 2.81 bits per heavy atom. The Balaban J connectivity index is 1.69. The number of halogens is 1. The van der Waals surface area contributed by atoms with Crippen molar-refractivity contribution < 1.29 is 9.53 Å². The van der Waals surface area contributed by atoms with Gasteiger partial charge in [0, 0.05) is 49.1 Å². The van der Waals surface area contributed by atoms with E-state index in [1.54, 1.807) is 24.3 Å². The third-order valence-electron chi connectivity index (χ3n) is 4.84. The predicted octanol–water partition coefficient (Wildman–Crippen LogP) is 3.09. The van der Waals surface area contributed by atoms with Crippen LogP contribution in [0.3, 0.4) is 0 Å². The predicted molar refractivity (Wildman–Crippen MR) is 124 cm³/mol. The van der Waals surface area contributed by atoms with Gasteiger partial charge in [-0.1, -0.05) is 11.6 Å². The average molecular weight is 464 g/mol. The zero-order valence-electron chi connectivity index (χ0n) is 17.8. The molecule has 3 heterocycles. The van der Waals surface area contributed by atoms with Crippen LogP contribution < -0.4 is 15.5 Å². The molecule has 1 aliphatic rings. The zero-order chi connectivity index (χ0) is 22.4. The summed E-state index contributed by atoms with van der Waals surface area (Å²) in [4.78, 5) is 32.4. The summed E-state index contributed by atoms with van der Waals surface area (Å²) in [6.07, 6.45) is 5.17. The number of aromatic nitrogens is 3. The van der Waals surface area contributed by atoms with Gasteiger partial charge in [0.2, 0.25) is 5.95 Å². The lowest BCUT2D eigenvalue weighted by Gasteiger charge is -2.24. The molecule has 2 aromatic rings. The number of nitrogens with zero attached hydrogens (tertiary/aromatic N) is 5. The molecule has 2 aromatic heterocycles. The first-order valence-corrected chi connectivity index (χ1v) is 11.1. The number of ether oxygens (including phenoxy) is 1. The van der Waals surface area contributed by atoms with Crippen molar-refractivity contribution in [3.05, 3.63) is 38.7 Å². The molecule has 1 amide bonds. The van der Waals surface area contributed by atoms with Crippen LogP contribution >= 0.6 is 22.9 Å². The van der Waals surface area contributed by atoms with Crippen LogP contribution in [-0.4, -0.2) is 53.9 Å². The van der Waals surface area contributed by atoms with Crippen LogP contribution in [0.4, 0.5) is 11.8 Å². The van der Waals surface area contributed by atoms with E-state index in [9.17, 15) is 4.79 Å². The molecule has 1 aliphatic heterocycles.